The van der Waals surface area contributed by atoms with Gasteiger partial charge in [-0.05, 0) is 29.8 Å². The molecule has 0 bridgehead atoms. The number of aliphatic hydroxyl groups excluding tert-OH is 1. The molecular weight excluding hydrogens is 255 g/mol. The van der Waals surface area contributed by atoms with Crippen molar-refractivity contribution >= 4 is 11.6 Å². The van der Waals surface area contributed by atoms with Crippen LogP contribution in [0.3, 0.4) is 0 Å². The zero-order chi connectivity index (χ0) is 13.0. The molecule has 0 spiro atoms. The molecule has 0 saturated heterocycles. The number of hydrogen-bond donors (Lipinski definition) is 1. The first-order valence-corrected chi connectivity index (χ1v) is 5.83. The molecule has 2 rings (SSSR count). The molecule has 2 nitrogen and oxygen atoms in total. The average molecular weight is 267 g/mol. The van der Waals surface area contributed by atoms with E-state index in [0.29, 0.717) is 22.9 Å². The van der Waals surface area contributed by atoms with Crippen molar-refractivity contribution in [2.75, 3.05) is 0 Å². The van der Waals surface area contributed by atoms with E-state index in [-0.39, 0.29) is 12.4 Å². The van der Waals surface area contributed by atoms with Gasteiger partial charge in [0.1, 0.15) is 18.2 Å². The summed E-state index contributed by atoms with van der Waals surface area (Å²) in [6, 6.07) is 11.1. The van der Waals surface area contributed by atoms with Crippen molar-refractivity contribution in [1.29, 1.82) is 0 Å². The zero-order valence-electron chi connectivity index (χ0n) is 9.57. The Morgan fingerprint density at radius 3 is 2.50 bits per heavy atom. The molecule has 0 aliphatic rings. The predicted molar refractivity (Wildman–Crippen MR) is 68.1 cm³/mol. The molecule has 18 heavy (non-hydrogen) atoms. The summed E-state index contributed by atoms with van der Waals surface area (Å²) in [6.45, 7) is 0.184. The molecule has 1 N–H and O–H groups in total. The van der Waals surface area contributed by atoms with Crippen molar-refractivity contribution in [3.63, 3.8) is 0 Å². The molecule has 2 aromatic carbocycles. The van der Waals surface area contributed by atoms with Gasteiger partial charge < -0.3 is 9.84 Å². The second kappa shape index (κ2) is 5.85. The van der Waals surface area contributed by atoms with Crippen LogP contribution >= 0.6 is 11.6 Å². The van der Waals surface area contributed by atoms with Crippen molar-refractivity contribution in [3.8, 4) is 5.75 Å². The lowest BCUT2D eigenvalue weighted by atomic mass is 10.2. The van der Waals surface area contributed by atoms with Crippen LogP contribution in [-0.4, -0.2) is 5.11 Å². The van der Waals surface area contributed by atoms with Gasteiger partial charge in [-0.1, -0.05) is 29.8 Å². The Kier molecular flexibility index (Phi) is 4.18. The summed E-state index contributed by atoms with van der Waals surface area (Å²) in [5.41, 5.74) is 1.52. The van der Waals surface area contributed by atoms with Crippen LogP contribution in [0.4, 0.5) is 4.39 Å². The first kappa shape index (κ1) is 12.9. The molecule has 94 valence electrons. The molecule has 0 aromatic heterocycles. The highest BCUT2D eigenvalue weighted by molar-refractivity contribution is 6.30. The smallest absolute Gasteiger partial charge is 0.126 e. The molecule has 0 atom stereocenters. The number of hydrogen-bond acceptors (Lipinski definition) is 2. The Bertz CT molecular complexity index is 526. The van der Waals surface area contributed by atoms with Gasteiger partial charge in [0.2, 0.25) is 0 Å². The third-order valence-corrected chi connectivity index (χ3v) is 2.74. The highest BCUT2D eigenvalue weighted by Crippen LogP contribution is 2.24. The minimum atomic E-state index is -0.280. The van der Waals surface area contributed by atoms with Crippen LogP contribution in [-0.2, 0) is 13.2 Å². The highest BCUT2D eigenvalue weighted by atomic mass is 35.5. The second-order valence-electron chi connectivity index (χ2n) is 3.83. The third kappa shape index (κ3) is 3.22. The van der Waals surface area contributed by atoms with E-state index in [1.807, 2.05) is 0 Å². The number of ether oxygens (including phenoxy) is 1. The molecule has 0 heterocycles. The molecule has 0 fully saturated rings. The summed E-state index contributed by atoms with van der Waals surface area (Å²) in [4.78, 5) is 0. The molecule has 0 radical (unpaired) electrons. The van der Waals surface area contributed by atoms with Crippen molar-refractivity contribution in [1.82, 2.24) is 0 Å². The van der Waals surface area contributed by atoms with Crippen molar-refractivity contribution in [2.24, 2.45) is 0 Å². The molecule has 0 unspecified atom stereocenters. The standard InChI is InChI=1S/C14H12ClFO2/c15-12-4-3-11(8-17)14(7-12)18-9-10-1-5-13(16)6-2-10/h1-7,17H,8-9H2. The van der Waals surface area contributed by atoms with Gasteiger partial charge in [-0.2, -0.15) is 0 Å². The molecule has 0 aliphatic heterocycles. The number of rotatable bonds is 4. The topological polar surface area (TPSA) is 29.5 Å². The molecular formula is C14H12ClFO2. The maximum Gasteiger partial charge on any atom is 0.126 e. The summed E-state index contributed by atoms with van der Waals surface area (Å²) in [7, 11) is 0. The van der Waals surface area contributed by atoms with Gasteiger partial charge in [0, 0.05) is 10.6 Å². The van der Waals surface area contributed by atoms with E-state index in [2.05, 4.69) is 0 Å². The SMILES string of the molecule is OCc1ccc(Cl)cc1OCc1ccc(F)cc1. The molecule has 0 saturated carbocycles. The van der Waals surface area contributed by atoms with Gasteiger partial charge in [-0.25, -0.2) is 4.39 Å². The maximum absolute atomic E-state index is 12.7. The molecule has 2 aromatic rings. The number of halogens is 2. The largest absolute Gasteiger partial charge is 0.488 e. The third-order valence-electron chi connectivity index (χ3n) is 2.51. The van der Waals surface area contributed by atoms with Crippen molar-refractivity contribution in [2.45, 2.75) is 13.2 Å². The zero-order valence-corrected chi connectivity index (χ0v) is 10.3. The number of aliphatic hydroxyl groups is 1. The van der Waals surface area contributed by atoms with E-state index in [1.54, 1.807) is 30.3 Å². The summed E-state index contributed by atoms with van der Waals surface area (Å²) < 4.78 is 18.3. The molecule has 4 heteroatoms. The molecule has 0 aliphatic carbocycles. The minimum Gasteiger partial charge on any atom is -0.488 e. The first-order chi connectivity index (χ1) is 8.69. The Morgan fingerprint density at radius 1 is 1.11 bits per heavy atom. The van der Waals surface area contributed by atoms with Gasteiger partial charge >= 0.3 is 0 Å². The number of benzene rings is 2. The fourth-order valence-electron chi connectivity index (χ4n) is 1.54. The summed E-state index contributed by atoms with van der Waals surface area (Å²) in [5, 5.41) is 9.71. The lowest BCUT2D eigenvalue weighted by Crippen LogP contribution is -1.98. The highest BCUT2D eigenvalue weighted by Gasteiger charge is 2.04. The van der Waals surface area contributed by atoms with Gasteiger partial charge in [-0.3, -0.25) is 0 Å². The van der Waals surface area contributed by atoms with E-state index < -0.39 is 0 Å². The van der Waals surface area contributed by atoms with Crippen LogP contribution in [0.5, 0.6) is 5.75 Å². The van der Waals surface area contributed by atoms with Gasteiger partial charge in [-0.15, -0.1) is 0 Å². The predicted octanol–water partition coefficient (Wildman–Crippen LogP) is 3.55. The lowest BCUT2D eigenvalue weighted by Gasteiger charge is -2.10. The fourth-order valence-corrected chi connectivity index (χ4v) is 1.70. The Balaban J connectivity index is 2.09. The average Bonchev–Trinajstić information content (AvgIpc) is 2.38. The van der Waals surface area contributed by atoms with E-state index in [0.717, 1.165) is 5.56 Å². The van der Waals surface area contributed by atoms with Crippen LogP contribution in [0, 0.1) is 5.82 Å². The van der Waals surface area contributed by atoms with Crippen molar-refractivity contribution in [3.05, 3.63) is 64.4 Å². The second-order valence-corrected chi connectivity index (χ2v) is 4.26. The quantitative estimate of drug-likeness (QED) is 0.917. The van der Waals surface area contributed by atoms with Crippen LogP contribution in [0.2, 0.25) is 5.02 Å². The van der Waals surface area contributed by atoms with E-state index in [4.69, 9.17) is 16.3 Å². The first-order valence-electron chi connectivity index (χ1n) is 5.45. The van der Waals surface area contributed by atoms with Crippen LogP contribution < -0.4 is 4.74 Å². The summed E-state index contributed by atoms with van der Waals surface area (Å²) in [5.74, 6) is 0.256. The Labute approximate surface area is 110 Å². The minimum absolute atomic E-state index is 0.115. The Hall–Kier alpha value is -1.58. The van der Waals surface area contributed by atoms with Gasteiger partial charge in [0.15, 0.2) is 0 Å². The maximum atomic E-state index is 12.7. The normalized spacial score (nSPS) is 10.4. The van der Waals surface area contributed by atoms with Crippen LogP contribution in [0.25, 0.3) is 0 Å². The Morgan fingerprint density at radius 2 is 1.83 bits per heavy atom. The van der Waals surface area contributed by atoms with Crippen molar-refractivity contribution < 1.29 is 14.2 Å². The summed E-state index contributed by atoms with van der Waals surface area (Å²) in [6.07, 6.45) is 0. The monoisotopic (exact) mass is 266 g/mol. The van der Waals surface area contributed by atoms with E-state index in [1.165, 1.54) is 12.1 Å². The van der Waals surface area contributed by atoms with Crippen LogP contribution in [0.15, 0.2) is 42.5 Å². The fraction of sp³-hybridized carbons (Fsp3) is 0.143. The lowest BCUT2D eigenvalue weighted by molar-refractivity contribution is 0.259. The van der Waals surface area contributed by atoms with E-state index >= 15 is 0 Å². The van der Waals surface area contributed by atoms with Gasteiger partial charge in [0.25, 0.3) is 0 Å². The van der Waals surface area contributed by atoms with Crippen LogP contribution in [0.1, 0.15) is 11.1 Å². The summed E-state index contributed by atoms with van der Waals surface area (Å²) >= 11 is 5.87. The van der Waals surface area contributed by atoms with Gasteiger partial charge in [0.05, 0.1) is 6.61 Å². The van der Waals surface area contributed by atoms with E-state index in [9.17, 15) is 9.50 Å². The molecule has 0 amide bonds.